The molecule has 1 aromatic heterocycles. The summed E-state index contributed by atoms with van der Waals surface area (Å²) in [4.78, 5) is 25.3. The number of nitriles is 1. The Labute approximate surface area is 102 Å². The van der Waals surface area contributed by atoms with Crippen molar-refractivity contribution in [2.45, 2.75) is 0 Å². The van der Waals surface area contributed by atoms with Gasteiger partial charge in [-0.2, -0.15) is 5.26 Å². The third-order valence-electron chi connectivity index (χ3n) is 2.44. The molecule has 2 aromatic rings. The van der Waals surface area contributed by atoms with Crippen LogP contribution in [-0.4, -0.2) is 9.55 Å². The van der Waals surface area contributed by atoms with Crippen LogP contribution in [0, 0.1) is 11.3 Å². The van der Waals surface area contributed by atoms with Crippen molar-refractivity contribution in [1.82, 2.24) is 9.55 Å². The van der Waals surface area contributed by atoms with Gasteiger partial charge in [-0.3, -0.25) is 14.3 Å². The molecule has 2 N–H and O–H groups in total. The van der Waals surface area contributed by atoms with Gasteiger partial charge in [0.15, 0.2) is 0 Å². The third-order valence-corrected chi connectivity index (χ3v) is 2.44. The van der Waals surface area contributed by atoms with Crippen LogP contribution >= 0.6 is 0 Å². The molecule has 0 aliphatic heterocycles. The van der Waals surface area contributed by atoms with E-state index in [1.54, 1.807) is 24.3 Å². The lowest BCUT2D eigenvalue weighted by atomic mass is 10.2. The first-order valence-electron chi connectivity index (χ1n) is 5.17. The Morgan fingerprint density at radius 2 is 1.94 bits per heavy atom. The number of nitrogens with zero attached hydrogens (tertiary/aromatic N) is 2. The minimum absolute atomic E-state index is 0.313. The monoisotopic (exact) mass is 242 g/mol. The largest absolute Gasteiger partial charge is 0.342 e. The van der Waals surface area contributed by atoms with Crippen LogP contribution in [0.1, 0.15) is 5.56 Å². The number of H-pyrrole nitrogens is 1. The third kappa shape index (κ3) is 2.30. The average Bonchev–Trinajstić information content (AvgIpc) is 2.37. The molecule has 6 heteroatoms. The zero-order chi connectivity index (χ0) is 13.1. The fourth-order valence-electron chi connectivity index (χ4n) is 1.41. The first-order valence-corrected chi connectivity index (χ1v) is 5.17. The summed E-state index contributed by atoms with van der Waals surface area (Å²) < 4.78 is 0.976. The molecule has 0 spiro atoms. The van der Waals surface area contributed by atoms with E-state index >= 15 is 0 Å². The van der Waals surface area contributed by atoms with Crippen molar-refractivity contribution in [3.05, 3.63) is 56.7 Å². The second-order valence-electron chi connectivity index (χ2n) is 3.70. The molecular formula is C12H10N4O2. The summed E-state index contributed by atoms with van der Waals surface area (Å²) in [6.45, 7) is 0. The summed E-state index contributed by atoms with van der Waals surface area (Å²) in [6.07, 6.45) is 0. The summed E-state index contributed by atoms with van der Waals surface area (Å²) in [6, 6.07) is 9.95. The lowest BCUT2D eigenvalue weighted by Gasteiger charge is -2.06. The number of aromatic nitrogens is 2. The first kappa shape index (κ1) is 11.7. The van der Waals surface area contributed by atoms with Gasteiger partial charge in [-0.1, -0.05) is 0 Å². The lowest BCUT2D eigenvalue weighted by molar-refractivity contribution is 0.778. The zero-order valence-corrected chi connectivity index (χ0v) is 9.60. The molecule has 2 rings (SSSR count). The van der Waals surface area contributed by atoms with Gasteiger partial charge in [0.1, 0.15) is 5.82 Å². The number of rotatable bonds is 2. The number of benzene rings is 1. The summed E-state index contributed by atoms with van der Waals surface area (Å²) >= 11 is 0. The zero-order valence-electron chi connectivity index (χ0n) is 9.60. The van der Waals surface area contributed by atoms with Gasteiger partial charge in [0.25, 0.3) is 5.56 Å². The Morgan fingerprint density at radius 1 is 1.28 bits per heavy atom. The highest BCUT2D eigenvalue weighted by molar-refractivity contribution is 5.56. The van der Waals surface area contributed by atoms with E-state index in [0.717, 1.165) is 4.57 Å². The van der Waals surface area contributed by atoms with E-state index in [4.69, 9.17) is 5.26 Å². The smallest absolute Gasteiger partial charge is 0.329 e. The summed E-state index contributed by atoms with van der Waals surface area (Å²) in [7, 11) is 1.40. The van der Waals surface area contributed by atoms with Gasteiger partial charge in [-0.05, 0) is 24.3 Å². The van der Waals surface area contributed by atoms with Crippen LogP contribution in [0.15, 0.2) is 39.9 Å². The molecule has 0 aliphatic rings. The van der Waals surface area contributed by atoms with E-state index in [2.05, 4.69) is 10.3 Å². The van der Waals surface area contributed by atoms with Gasteiger partial charge in [0.2, 0.25) is 0 Å². The minimum Gasteiger partial charge on any atom is -0.342 e. The molecule has 0 saturated heterocycles. The van der Waals surface area contributed by atoms with Crippen molar-refractivity contribution in [3.8, 4) is 6.07 Å². The van der Waals surface area contributed by atoms with Crippen LogP contribution in [0.2, 0.25) is 0 Å². The van der Waals surface area contributed by atoms with Gasteiger partial charge in [-0.25, -0.2) is 4.79 Å². The number of hydrogen-bond acceptors (Lipinski definition) is 4. The Hall–Kier alpha value is -2.81. The van der Waals surface area contributed by atoms with Gasteiger partial charge in [0.05, 0.1) is 11.6 Å². The highest BCUT2D eigenvalue weighted by atomic mass is 16.2. The summed E-state index contributed by atoms with van der Waals surface area (Å²) in [5.74, 6) is 0.313. The van der Waals surface area contributed by atoms with Gasteiger partial charge in [-0.15, -0.1) is 0 Å². The molecule has 18 heavy (non-hydrogen) atoms. The number of hydrogen-bond donors (Lipinski definition) is 2. The summed E-state index contributed by atoms with van der Waals surface area (Å²) in [5.41, 5.74) is 0.337. The average molecular weight is 242 g/mol. The fourth-order valence-corrected chi connectivity index (χ4v) is 1.41. The molecule has 0 fully saturated rings. The highest BCUT2D eigenvalue weighted by Gasteiger charge is 2.01. The maximum Gasteiger partial charge on any atom is 0.329 e. The van der Waals surface area contributed by atoms with Crippen LogP contribution in [-0.2, 0) is 7.05 Å². The van der Waals surface area contributed by atoms with Crippen molar-refractivity contribution in [2.75, 3.05) is 5.32 Å². The molecular weight excluding hydrogens is 232 g/mol. The molecule has 0 unspecified atom stereocenters. The SMILES string of the molecule is Cn1c(=O)cc(Nc2ccc(C#N)cc2)[nH]c1=O. The van der Waals surface area contributed by atoms with E-state index in [0.29, 0.717) is 17.1 Å². The Morgan fingerprint density at radius 3 is 2.50 bits per heavy atom. The Balaban J connectivity index is 2.32. The van der Waals surface area contributed by atoms with Gasteiger partial charge in [0, 0.05) is 18.8 Å². The lowest BCUT2D eigenvalue weighted by Crippen LogP contribution is -2.32. The van der Waals surface area contributed by atoms with Gasteiger partial charge >= 0.3 is 5.69 Å². The maximum absolute atomic E-state index is 11.4. The molecule has 6 nitrogen and oxygen atoms in total. The first-order chi connectivity index (χ1) is 8.60. The highest BCUT2D eigenvalue weighted by Crippen LogP contribution is 2.12. The molecule has 1 aromatic carbocycles. The van der Waals surface area contributed by atoms with Crippen molar-refractivity contribution in [3.63, 3.8) is 0 Å². The van der Waals surface area contributed by atoms with E-state index in [-0.39, 0.29) is 0 Å². The molecule has 0 atom stereocenters. The normalized spacial score (nSPS) is 9.78. The van der Waals surface area contributed by atoms with Crippen molar-refractivity contribution in [1.29, 1.82) is 5.26 Å². The quantitative estimate of drug-likeness (QED) is 0.810. The molecule has 0 saturated carbocycles. The van der Waals surface area contributed by atoms with Crippen molar-refractivity contribution >= 4 is 11.5 Å². The number of nitrogens with one attached hydrogen (secondary N) is 2. The predicted molar refractivity (Wildman–Crippen MR) is 66.7 cm³/mol. The van der Waals surface area contributed by atoms with E-state index < -0.39 is 11.2 Å². The van der Waals surface area contributed by atoms with E-state index in [9.17, 15) is 9.59 Å². The second kappa shape index (κ2) is 4.59. The van der Waals surface area contributed by atoms with Gasteiger partial charge < -0.3 is 5.32 Å². The van der Waals surface area contributed by atoms with E-state index in [1.165, 1.54) is 13.1 Å². The van der Waals surface area contributed by atoms with Crippen LogP contribution in [0.3, 0.4) is 0 Å². The molecule has 0 amide bonds. The maximum atomic E-state index is 11.4. The molecule has 0 bridgehead atoms. The fraction of sp³-hybridized carbons (Fsp3) is 0.0833. The van der Waals surface area contributed by atoms with E-state index in [1.807, 2.05) is 6.07 Å². The Bertz CT molecular complexity index is 688. The van der Waals surface area contributed by atoms with Crippen LogP contribution < -0.4 is 16.6 Å². The van der Waals surface area contributed by atoms with Crippen LogP contribution in [0.4, 0.5) is 11.5 Å². The van der Waals surface area contributed by atoms with Crippen LogP contribution in [0.25, 0.3) is 0 Å². The van der Waals surface area contributed by atoms with Crippen molar-refractivity contribution in [2.24, 2.45) is 7.05 Å². The predicted octanol–water partition coefficient (Wildman–Crippen LogP) is 0.689. The van der Waals surface area contributed by atoms with Crippen LogP contribution in [0.5, 0.6) is 0 Å². The van der Waals surface area contributed by atoms with Crippen molar-refractivity contribution < 1.29 is 0 Å². The number of anilines is 2. The molecule has 1 heterocycles. The standard InChI is InChI=1S/C12H10N4O2/c1-16-11(17)6-10(15-12(16)18)14-9-4-2-8(7-13)3-5-9/h2-6,14H,1H3,(H,15,18). The molecule has 0 radical (unpaired) electrons. The molecule has 90 valence electrons. The second-order valence-corrected chi connectivity index (χ2v) is 3.70. The Kier molecular flexibility index (Phi) is 2.98. The number of aromatic amines is 1. The molecule has 0 aliphatic carbocycles. The topological polar surface area (TPSA) is 90.7 Å². The minimum atomic E-state index is -0.487. The summed E-state index contributed by atoms with van der Waals surface area (Å²) in [5, 5.41) is 11.5.